The molecule has 72 heavy (non-hydrogen) atoms. The van der Waals surface area contributed by atoms with E-state index >= 15 is 0 Å². The van der Waals surface area contributed by atoms with Gasteiger partial charge in [-0.05, 0) is 89.9 Å². The first-order valence-electron chi connectivity index (χ1n) is 28.5. The number of aliphatic hydroxyl groups excluding tert-OH is 1. The summed E-state index contributed by atoms with van der Waals surface area (Å²) in [4.78, 5) is 48.5. The first-order chi connectivity index (χ1) is 35.2. The second-order valence-electron chi connectivity index (χ2n) is 18.7. The molecule has 2 N–H and O–H groups in total. The Labute approximate surface area is 439 Å². The molecular weight excluding hydrogens is 928 g/mol. The molecular formula is C60H103O11P. The lowest BCUT2D eigenvalue weighted by Gasteiger charge is -2.21. The van der Waals surface area contributed by atoms with E-state index in [-0.39, 0.29) is 25.9 Å². The van der Waals surface area contributed by atoms with Crippen LogP contribution in [0, 0.1) is 0 Å². The Morgan fingerprint density at radius 1 is 0.403 bits per heavy atom. The van der Waals surface area contributed by atoms with Crippen molar-refractivity contribution in [3.8, 4) is 0 Å². The van der Waals surface area contributed by atoms with Crippen LogP contribution in [0.5, 0.6) is 0 Å². The van der Waals surface area contributed by atoms with Crippen LogP contribution < -0.4 is 0 Å². The zero-order chi connectivity index (χ0) is 52.7. The number of ether oxygens (including phenoxy) is 3. The molecule has 12 heteroatoms. The third kappa shape index (κ3) is 51.6. The molecule has 0 bridgehead atoms. The molecule has 0 saturated carbocycles. The predicted molar refractivity (Wildman–Crippen MR) is 298 cm³/mol. The van der Waals surface area contributed by atoms with E-state index in [4.69, 9.17) is 23.3 Å². The van der Waals surface area contributed by atoms with Gasteiger partial charge in [-0.25, -0.2) is 4.57 Å². The van der Waals surface area contributed by atoms with Crippen LogP contribution in [0.2, 0.25) is 0 Å². The summed E-state index contributed by atoms with van der Waals surface area (Å²) in [6.07, 6.45) is 61.2. The minimum atomic E-state index is -4.77. The molecule has 0 heterocycles. The lowest BCUT2D eigenvalue weighted by atomic mass is 10.0. The number of phosphoric acid groups is 1. The molecule has 0 saturated heterocycles. The Morgan fingerprint density at radius 3 is 1.19 bits per heavy atom. The fraction of sp³-hybridized carbons (Fsp3) is 0.717. The SMILES string of the molecule is CC/C=C\C/C=C\C/C=C\C/C=C\C/C=C\CCCC(=O)OC(COC(=O)CCCCCCCCCCCCCCC)COP(=O)(O)OCC(CO)OC(=O)CCCCCCC/C=C\C/C=C\CCCCC. The van der Waals surface area contributed by atoms with Crippen molar-refractivity contribution < 1.29 is 52.2 Å². The molecule has 0 aliphatic rings. The average molecular weight is 1030 g/mol. The van der Waals surface area contributed by atoms with E-state index in [1.807, 2.05) is 12.2 Å². The van der Waals surface area contributed by atoms with E-state index in [2.05, 4.69) is 93.7 Å². The average Bonchev–Trinajstić information content (AvgIpc) is 3.37. The van der Waals surface area contributed by atoms with Gasteiger partial charge in [0.15, 0.2) is 6.10 Å². The summed E-state index contributed by atoms with van der Waals surface area (Å²) in [5, 5.41) is 9.81. The predicted octanol–water partition coefficient (Wildman–Crippen LogP) is 16.7. The number of rotatable bonds is 52. The molecule has 0 aliphatic carbocycles. The maximum Gasteiger partial charge on any atom is 0.472 e. The van der Waals surface area contributed by atoms with Crippen molar-refractivity contribution in [2.24, 2.45) is 0 Å². The zero-order valence-electron chi connectivity index (χ0n) is 45.6. The lowest BCUT2D eigenvalue weighted by molar-refractivity contribution is -0.161. The maximum absolute atomic E-state index is 12.9. The van der Waals surface area contributed by atoms with Gasteiger partial charge in [-0.2, -0.15) is 0 Å². The van der Waals surface area contributed by atoms with Gasteiger partial charge >= 0.3 is 25.7 Å². The van der Waals surface area contributed by atoms with E-state index < -0.39 is 57.8 Å². The van der Waals surface area contributed by atoms with Gasteiger partial charge in [0.25, 0.3) is 0 Å². The second-order valence-corrected chi connectivity index (χ2v) is 20.2. The number of allylic oxidation sites excluding steroid dienone is 14. The Kier molecular flexibility index (Phi) is 51.4. The molecule has 414 valence electrons. The number of hydrogen-bond acceptors (Lipinski definition) is 10. The van der Waals surface area contributed by atoms with Gasteiger partial charge in [0, 0.05) is 19.3 Å². The molecule has 0 fully saturated rings. The van der Waals surface area contributed by atoms with Crippen LogP contribution >= 0.6 is 7.82 Å². The highest BCUT2D eigenvalue weighted by molar-refractivity contribution is 7.47. The van der Waals surface area contributed by atoms with Gasteiger partial charge in [0.1, 0.15) is 12.7 Å². The largest absolute Gasteiger partial charge is 0.472 e. The first kappa shape index (κ1) is 68.7. The van der Waals surface area contributed by atoms with Crippen LogP contribution in [0.25, 0.3) is 0 Å². The number of unbranched alkanes of at least 4 members (excludes halogenated alkanes) is 21. The van der Waals surface area contributed by atoms with E-state index in [0.29, 0.717) is 25.7 Å². The summed E-state index contributed by atoms with van der Waals surface area (Å²) in [5.41, 5.74) is 0. The molecule has 3 unspecified atom stereocenters. The molecule has 11 nitrogen and oxygen atoms in total. The topological polar surface area (TPSA) is 155 Å². The molecule has 3 atom stereocenters. The van der Waals surface area contributed by atoms with Crippen molar-refractivity contribution in [2.45, 2.75) is 251 Å². The fourth-order valence-electron chi connectivity index (χ4n) is 7.48. The van der Waals surface area contributed by atoms with Crippen LogP contribution in [0.1, 0.15) is 239 Å². The normalized spacial score (nSPS) is 14.0. The molecule has 0 radical (unpaired) electrons. The van der Waals surface area contributed by atoms with Gasteiger partial charge in [0.05, 0.1) is 19.8 Å². The number of phosphoric ester groups is 1. The smallest absolute Gasteiger partial charge is 0.462 e. The van der Waals surface area contributed by atoms with Crippen molar-refractivity contribution in [3.63, 3.8) is 0 Å². The minimum Gasteiger partial charge on any atom is -0.462 e. The van der Waals surface area contributed by atoms with Crippen molar-refractivity contribution in [1.29, 1.82) is 0 Å². The van der Waals surface area contributed by atoms with Crippen molar-refractivity contribution in [2.75, 3.05) is 26.4 Å². The lowest BCUT2D eigenvalue weighted by Crippen LogP contribution is -2.30. The van der Waals surface area contributed by atoms with Gasteiger partial charge < -0.3 is 24.2 Å². The number of carbonyl (C=O) groups excluding carboxylic acids is 3. The Bertz CT molecular complexity index is 1530. The highest BCUT2D eigenvalue weighted by atomic mass is 31.2. The third-order valence-corrected chi connectivity index (χ3v) is 12.8. The van der Waals surface area contributed by atoms with Crippen molar-refractivity contribution in [3.05, 3.63) is 85.1 Å². The quantitative estimate of drug-likeness (QED) is 0.0197. The van der Waals surface area contributed by atoms with E-state index in [9.17, 15) is 28.9 Å². The van der Waals surface area contributed by atoms with E-state index in [1.54, 1.807) is 0 Å². The molecule has 0 rings (SSSR count). The number of aliphatic hydroxyl groups is 1. The van der Waals surface area contributed by atoms with Crippen LogP contribution in [-0.4, -0.2) is 66.5 Å². The first-order valence-corrected chi connectivity index (χ1v) is 30.0. The van der Waals surface area contributed by atoms with Gasteiger partial charge in [-0.3, -0.25) is 23.4 Å². The van der Waals surface area contributed by atoms with Crippen LogP contribution in [-0.2, 0) is 42.2 Å². The fourth-order valence-corrected chi connectivity index (χ4v) is 8.26. The summed E-state index contributed by atoms with van der Waals surface area (Å²) in [6.45, 7) is 4.43. The van der Waals surface area contributed by atoms with Gasteiger partial charge in [0.2, 0.25) is 0 Å². The van der Waals surface area contributed by atoms with E-state index in [1.165, 1.54) is 77.0 Å². The minimum absolute atomic E-state index is 0.0870. The van der Waals surface area contributed by atoms with Crippen molar-refractivity contribution >= 4 is 25.7 Å². The molecule has 0 aliphatic heterocycles. The summed E-state index contributed by atoms with van der Waals surface area (Å²) >= 11 is 0. The van der Waals surface area contributed by atoms with Crippen molar-refractivity contribution in [1.82, 2.24) is 0 Å². The highest BCUT2D eigenvalue weighted by Gasteiger charge is 2.28. The molecule has 0 amide bonds. The zero-order valence-corrected chi connectivity index (χ0v) is 46.5. The van der Waals surface area contributed by atoms with Gasteiger partial charge in [-0.15, -0.1) is 0 Å². The van der Waals surface area contributed by atoms with E-state index in [0.717, 1.165) is 96.3 Å². The molecule has 0 spiro atoms. The molecule has 0 aromatic heterocycles. The summed E-state index contributed by atoms with van der Waals surface area (Å²) in [5.74, 6) is -1.55. The number of carbonyl (C=O) groups is 3. The van der Waals surface area contributed by atoms with Crippen LogP contribution in [0.3, 0.4) is 0 Å². The molecule has 0 aromatic carbocycles. The maximum atomic E-state index is 12.9. The number of esters is 3. The third-order valence-electron chi connectivity index (χ3n) is 11.8. The Hall–Kier alpha value is -3.34. The van der Waals surface area contributed by atoms with Crippen LogP contribution in [0.4, 0.5) is 0 Å². The Balaban J connectivity index is 4.81. The highest BCUT2D eigenvalue weighted by Crippen LogP contribution is 2.43. The Morgan fingerprint density at radius 2 is 0.736 bits per heavy atom. The standard InChI is InChI=1S/C60H103O11P/c1-4-7-10-13-16-19-22-25-27-28-30-33-36-39-42-45-48-51-60(64)71-57(53-67-58(62)49-46-43-40-37-34-31-24-21-18-15-12-9-6-3)55-69-72(65,66)68-54-56(52-61)70-59(63)50-47-44-41-38-35-32-29-26-23-20-17-14-11-8-5-2/h7,10,16-17,19-20,25-27,29-30,33,39,42,56-57,61H,4-6,8-9,11-15,18,21-24,28,31-32,34-38,40-41,43-55H2,1-3H3,(H,65,66)/b10-7-,19-16-,20-17-,27-25-,29-26-,33-30-,42-39-. The summed E-state index contributed by atoms with van der Waals surface area (Å²) < 4.78 is 39.4. The van der Waals surface area contributed by atoms with Gasteiger partial charge in [-0.1, -0.05) is 215 Å². The molecule has 0 aromatic rings. The summed E-state index contributed by atoms with van der Waals surface area (Å²) in [7, 11) is -4.77. The summed E-state index contributed by atoms with van der Waals surface area (Å²) in [6, 6.07) is 0. The number of hydrogen-bond donors (Lipinski definition) is 2. The van der Waals surface area contributed by atoms with Crippen LogP contribution in [0.15, 0.2) is 85.1 Å². The second kappa shape index (κ2) is 53.9. The monoisotopic (exact) mass is 1030 g/mol.